The Hall–Kier alpha value is -1.64. The molecule has 3 heteroatoms. The van der Waals surface area contributed by atoms with E-state index in [9.17, 15) is 9.59 Å². The minimum Gasteiger partial charge on any atom is -0.466 e. The monoisotopic (exact) mass is 220 g/mol. The summed E-state index contributed by atoms with van der Waals surface area (Å²) in [5.41, 5.74) is 3.38. The predicted molar refractivity (Wildman–Crippen MR) is 61.6 cm³/mol. The molecule has 1 aromatic carbocycles. The van der Waals surface area contributed by atoms with Gasteiger partial charge in [-0.05, 0) is 37.5 Å². The van der Waals surface area contributed by atoms with E-state index in [-0.39, 0.29) is 12.4 Å². The highest BCUT2D eigenvalue weighted by molar-refractivity contribution is 5.80. The van der Waals surface area contributed by atoms with Gasteiger partial charge in [0.15, 0.2) is 6.29 Å². The van der Waals surface area contributed by atoms with Gasteiger partial charge < -0.3 is 4.74 Å². The fourth-order valence-electron chi connectivity index (χ4n) is 1.73. The van der Waals surface area contributed by atoms with Crippen LogP contribution >= 0.6 is 0 Å². The summed E-state index contributed by atoms with van der Waals surface area (Å²) in [7, 11) is 0. The molecule has 16 heavy (non-hydrogen) atoms. The molecule has 0 bridgehead atoms. The average molecular weight is 220 g/mol. The van der Waals surface area contributed by atoms with Crippen molar-refractivity contribution >= 4 is 12.3 Å². The van der Waals surface area contributed by atoms with Crippen LogP contribution in [0.2, 0.25) is 0 Å². The summed E-state index contributed by atoms with van der Waals surface area (Å²) in [4.78, 5) is 22.1. The fourth-order valence-corrected chi connectivity index (χ4v) is 1.73. The van der Waals surface area contributed by atoms with Crippen LogP contribution in [-0.2, 0) is 16.0 Å². The molecule has 0 aromatic heterocycles. The molecule has 3 nitrogen and oxygen atoms in total. The summed E-state index contributed by atoms with van der Waals surface area (Å²) >= 11 is 0. The quantitative estimate of drug-likeness (QED) is 0.577. The number of carbonyl (C=O) groups excluding carboxylic acids is 2. The van der Waals surface area contributed by atoms with Gasteiger partial charge in [-0.3, -0.25) is 9.59 Å². The fraction of sp³-hybridized carbons (Fsp3) is 0.385. The van der Waals surface area contributed by atoms with Crippen LogP contribution < -0.4 is 0 Å². The Balaban J connectivity index is 2.91. The summed E-state index contributed by atoms with van der Waals surface area (Å²) in [6.07, 6.45) is 1.10. The Bertz CT molecular complexity index is 385. The average Bonchev–Trinajstić information content (AvgIpc) is 2.17. The van der Waals surface area contributed by atoms with Crippen molar-refractivity contribution in [2.24, 2.45) is 0 Å². The topological polar surface area (TPSA) is 43.4 Å². The maximum atomic E-state index is 11.3. The van der Waals surface area contributed by atoms with E-state index in [0.29, 0.717) is 12.2 Å². The molecular formula is C13H16O3. The highest BCUT2D eigenvalue weighted by Gasteiger charge is 2.08. The van der Waals surface area contributed by atoms with E-state index in [1.165, 1.54) is 0 Å². The first-order chi connectivity index (χ1) is 7.58. The molecule has 0 saturated heterocycles. The molecular weight excluding hydrogens is 204 g/mol. The smallest absolute Gasteiger partial charge is 0.310 e. The van der Waals surface area contributed by atoms with Gasteiger partial charge in [0.1, 0.15) is 0 Å². The molecule has 0 N–H and O–H groups in total. The number of carbonyl (C=O) groups is 2. The van der Waals surface area contributed by atoms with Crippen molar-refractivity contribution < 1.29 is 14.3 Å². The number of benzene rings is 1. The van der Waals surface area contributed by atoms with Crippen LogP contribution in [0, 0.1) is 13.8 Å². The van der Waals surface area contributed by atoms with Crippen molar-refractivity contribution in [3.8, 4) is 0 Å². The Morgan fingerprint density at radius 1 is 1.31 bits per heavy atom. The summed E-state index contributed by atoms with van der Waals surface area (Å²) < 4.78 is 4.87. The molecule has 1 rings (SSSR count). The van der Waals surface area contributed by atoms with Crippen molar-refractivity contribution in [3.63, 3.8) is 0 Å². The van der Waals surface area contributed by atoms with Gasteiger partial charge >= 0.3 is 5.97 Å². The number of rotatable bonds is 4. The van der Waals surface area contributed by atoms with Gasteiger partial charge in [-0.1, -0.05) is 12.1 Å². The van der Waals surface area contributed by atoms with Crippen LogP contribution in [0.4, 0.5) is 0 Å². The lowest BCUT2D eigenvalue weighted by molar-refractivity contribution is -0.142. The normalized spacial score (nSPS) is 9.94. The number of aldehydes is 1. The molecule has 1 aromatic rings. The van der Waals surface area contributed by atoms with Gasteiger partial charge in [0, 0.05) is 5.56 Å². The van der Waals surface area contributed by atoms with Gasteiger partial charge in [0.2, 0.25) is 0 Å². The molecule has 0 spiro atoms. The third-order valence-corrected chi connectivity index (χ3v) is 2.43. The molecule has 0 atom stereocenters. The van der Waals surface area contributed by atoms with Crippen LogP contribution in [0.25, 0.3) is 0 Å². The lowest BCUT2D eigenvalue weighted by Crippen LogP contribution is -2.08. The maximum Gasteiger partial charge on any atom is 0.310 e. The van der Waals surface area contributed by atoms with E-state index >= 15 is 0 Å². The number of aryl methyl sites for hydroxylation is 2. The van der Waals surface area contributed by atoms with E-state index in [4.69, 9.17) is 4.74 Å². The summed E-state index contributed by atoms with van der Waals surface area (Å²) in [5.74, 6) is -0.236. The Kier molecular flexibility index (Phi) is 4.23. The van der Waals surface area contributed by atoms with Crippen LogP contribution in [0.5, 0.6) is 0 Å². The zero-order valence-corrected chi connectivity index (χ0v) is 9.87. The second-order valence-electron chi connectivity index (χ2n) is 3.74. The van der Waals surface area contributed by atoms with E-state index in [1.54, 1.807) is 6.92 Å². The number of esters is 1. The molecule has 0 heterocycles. The van der Waals surface area contributed by atoms with E-state index in [1.807, 2.05) is 26.0 Å². The molecule has 0 radical (unpaired) electrons. The Morgan fingerprint density at radius 3 is 2.31 bits per heavy atom. The maximum absolute atomic E-state index is 11.3. The number of hydrogen-bond acceptors (Lipinski definition) is 3. The highest BCUT2D eigenvalue weighted by Crippen LogP contribution is 2.15. The van der Waals surface area contributed by atoms with Crippen molar-refractivity contribution in [2.45, 2.75) is 27.2 Å². The Labute approximate surface area is 95.4 Å². The van der Waals surface area contributed by atoms with Crippen molar-refractivity contribution in [1.29, 1.82) is 0 Å². The molecule has 0 aliphatic rings. The zero-order valence-electron chi connectivity index (χ0n) is 9.87. The van der Waals surface area contributed by atoms with Crippen LogP contribution in [0.15, 0.2) is 12.1 Å². The summed E-state index contributed by atoms with van der Waals surface area (Å²) in [5, 5.41) is 0. The minimum atomic E-state index is -0.236. The van der Waals surface area contributed by atoms with Gasteiger partial charge in [0.25, 0.3) is 0 Å². The van der Waals surface area contributed by atoms with Gasteiger partial charge in [-0.2, -0.15) is 0 Å². The van der Waals surface area contributed by atoms with Crippen LogP contribution in [-0.4, -0.2) is 18.9 Å². The molecule has 86 valence electrons. The van der Waals surface area contributed by atoms with E-state index < -0.39 is 0 Å². The SMILES string of the molecule is CCOC(=O)Cc1cc(C)c(C=O)c(C)c1. The molecule has 0 amide bonds. The summed E-state index contributed by atoms with van der Waals surface area (Å²) in [6, 6.07) is 3.71. The first kappa shape index (κ1) is 12.4. The van der Waals surface area contributed by atoms with Gasteiger partial charge in [0.05, 0.1) is 13.0 Å². The third kappa shape index (κ3) is 2.92. The largest absolute Gasteiger partial charge is 0.466 e. The highest BCUT2D eigenvalue weighted by atomic mass is 16.5. The number of ether oxygens (including phenoxy) is 1. The predicted octanol–water partition coefficient (Wildman–Crippen LogP) is 2.22. The number of hydrogen-bond donors (Lipinski definition) is 0. The van der Waals surface area contributed by atoms with E-state index in [2.05, 4.69) is 0 Å². The van der Waals surface area contributed by atoms with Crippen LogP contribution in [0.3, 0.4) is 0 Å². The Morgan fingerprint density at radius 2 is 1.88 bits per heavy atom. The zero-order chi connectivity index (χ0) is 12.1. The lowest BCUT2D eigenvalue weighted by atomic mass is 9.99. The third-order valence-electron chi connectivity index (χ3n) is 2.43. The van der Waals surface area contributed by atoms with Crippen molar-refractivity contribution in [2.75, 3.05) is 6.61 Å². The second kappa shape index (κ2) is 5.45. The minimum absolute atomic E-state index is 0.236. The second-order valence-corrected chi connectivity index (χ2v) is 3.74. The summed E-state index contributed by atoms with van der Waals surface area (Å²) in [6.45, 7) is 5.91. The van der Waals surface area contributed by atoms with E-state index in [0.717, 1.165) is 23.0 Å². The standard InChI is InChI=1S/C13H16O3/c1-4-16-13(15)7-11-5-9(2)12(8-14)10(3)6-11/h5-6,8H,4,7H2,1-3H3. The molecule has 0 saturated carbocycles. The van der Waals surface area contributed by atoms with Gasteiger partial charge in [-0.15, -0.1) is 0 Å². The molecule has 0 aliphatic heterocycles. The first-order valence-electron chi connectivity index (χ1n) is 5.29. The first-order valence-corrected chi connectivity index (χ1v) is 5.29. The van der Waals surface area contributed by atoms with Crippen molar-refractivity contribution in [1.82, 2.24) is 0 Å². The molecule has 0 aliphatic carbocycles. The molecule has 0 unspecified atom stereocenters. The van der Waals surface area contributed by atoms with Gasteiger partial charge in [-0.25, -0.2) is 0 Å². The van der Waals surface area contributed by atoms with Crippen LogP contribution in [0.1, 0.15) is 34.0 Å². The van der Waals surface area contributed by atoms with Crippen molar-refractivity contribution in [3.05, 3.63) is 34.4 Å². The lowest BCUT2D eigenvalue weighted by Gasteiger charge is -2.07. The molecule has 0 fully saturated rings.